The second-order valence-corrected chi connectivity index (χ2v) is 4.68. The molecule has 0 saturated carbocycles. The van der Waals surface area contributed by atoms with E-state index in [1.165, 1.54) is 12.8 Å². The lowest BCUT2D eigenvalue weighted by Crippen LogP contribution is -2.13. The van der Waals surface area contributed by atoms with Crippen LogP contribution in [0.4, 0.5) is 0 Å². The minimum atomic E-state index is 0.257. The molecule has 1 atom stereocenters. The molecule has 1 unspecified atom stereocenters. The molecule has 1 nitrogen and oxygen atoms in total. The summed E-state index contributed by atoms with van der Waals surface area (Å²) in [5, 5.41) is 0. The summed E-state index contributed by atoms with van der Waals surface area (Å²) in [7, 11) is 0. The number of hydrogen-bond donors (Lipinski definition) is 0. The van der Waals surface area contributed by atoms with Crippen LogP contribution in [0.25, 0.3) is 0 Å². The first-order valence-electron chi connectivity index (χ1n) is 3.98. The quantitative estimate of drug-likeness (QED) is 0.557. The summed E-state index contributed by atoms with van der Waals surface area (Å²) in [6.07, 6.45) is 4.54. The Morgan fingerprint density at radius 3 is 2.20 bits per heavy atom. The van der Waals surface area contributed by atoms with Gasteiger partial charge in [0.2, 0.25) is 0 Å². The van der Waals surface area contributed by atoms with Crippen LogP contribution >= 0.6 is 0 Å². The second kappa shape index (κ2) is 2.08. The zero-order chi connectivity index (χ0) is 7.83. The van der Waals surface area contributed by atoms with Gasteiger partial charge in [-0.2, -0.15) is 0 Å². The Hall–Kier alpha value is -0.330. The van der Waals surface area contributed by atoms with E-state index < -0.39 is 0 Å². The maximum Gasteiger partial charge on any atom is 0.0922 e. The van der Waals surface area contributed by atoms with E-state index in [-0.39, 0.29) is 5.54 Å². The van der Waals surface area contributed by atoms with Crippen LogP contribution in [0.1, 0.15) is 40.5 Å². The van der Waals surface area contributed by atoms with E-state index in [4.69, 9.17) is 0 Å². The highest BCUT2D eigenvalue weighted by molar-refractivity contribution is 5.83. The molecule has 1 heteroatoms. The SMILES string of the molecule is CC(C)(C)CCC1(C)C=N1. The molecule has 0 radical (unpaired) electrons. The third kappa shape index (κ3) is 2.51. The molecule has 0 amide bonds. The molecule has 1 aliphatic rings. The van der Waals surface area contributed by atoms with Gasteiger partial charge in [-0.3, -0.25) is 4.99 Å². The summed E-state index contributed by atoms with van der Waals surface area (Å²) in [4.78, 5) is 4.21. The van der Waals surface area contributed by atoms with E-state index >= 15 is 0 Å². The van der Waals surface area contributed by atoms with Gasteiger partial charge in [-0.05, 0) is 25.2 Å². The predicted octanol–water partition coefficient (Wildman–Crippen LogP) is 2.66. The largest absolute Gasteiger partial charge is 0.283 e. The Labute approximate surface area is 63.5 Å². The molecule has 0 bridgehead atoms. The molecule has 0 aromatic heterocycles. The van der Waals surface area contributed by atoms with Crippen molar-refractivity contribution in [1.82, 2.24) is 0 Å². The topological polar surface area (TPSA) is 12.4 Å². The fraction of sp³-hybridized carbons (Fsp3) is 0.889. The smallest absolute Gasteiger partial charge is 0.0922 e. The van der Waals surface area contributed by atoms with E-state index in [1.54, 1.807) is 0 Å². The zero-order valence-electron chi connectivity index (χ0n) is 7.44. The van der Waals surface area contributed by atoms with E-state index in [2.05, 4.69) is 38.9 Å². The lowest BCUT2D eigenvalue weighted by molar-refractivity contribution is 0.350. The molecular weight excluding hydrogens is 122 g/mol. The number of nitrogens with zero attached hydrogens (tertiary/aromatic N) is 1. The van der Waals surface area contributed by atoms with Gasteiger partial charge in [0.15, 0.2) is 0 Å². The van der Waals surface area contributed by atoms with E-state index in [0.717, 1.165) is 0 Å². The Kier molecular flexibility index (Phi) is 1.61. The fourth-order valence-electron chi connectivity index (χ4n) is 0.867. The van der Waals surface area contributed by atoms with Crippen molar-refractivity contribution in [2.45, 2.75) is 46.1 Å². The number of rotatable bonds is 2. The van der Waals surface area contributed by atoms with E-state index in [9.17, 15) is 0 Å². The van der Waals surface area contributed by atoms with Gasteiger partial charge in [-0.25, -0.2) is 0 Å². The summed E-state index contributed by atoms with van der Waals surface area (Å²) >= 11 is 0. The third-order valence-electron chi connectivity index (χ3n) is 1.95. The van der Waals surface area contributed by atoms with Crippen LogP contribution in [0.5, 0.6) is 0 Å². The second-order valence-electron chi connectivity index (χ2n) is 4.68. The van der Waals surface area contributed by atoms with Crippen molar-refractivity contribution in [3.05, 3.63) is 0 Å². The Morgan fingerprint density at radius 2 is 1.90 bits per heavy atom. The molecule has 10 heavy (non-hydrogen) atoms. The third-order valence-corrected chi connectivity index (χ3v) is 1.95. The van der Waals surface area contributed by atoms with Gasteiger partial charge in [0, 0.05) is 6.21 Å². The Morgan fingerprint density at radius 1 is 1.40 bits per heavy atom. The molecular formula is C9H17N. The standard InChI is InChI=1S/C9H17N/c1-8(2,3)5-6-9(4)7-10-9/h7H,5-6H2,1-4H3. The van der Waals surface area contributed by atoms with Crippen LogP contribution in [0.2, 0.25) is 0 Å². The highest BCUT2D eigenvalue weighted by atomic mass is 15.0. The molecule has 0 saturated heterocycles. The summed E-state index contributed by atoms with van der Waals surface area (Å²) < 4.78 is 0. The maximum absolute atomic E-state index is 4.21. The minimum Gasteiger partial charge on any atom is -0.283 e. The minimum absolute atomic E-state index is 0.257. The first-order valence-corrected chi connectivity index (χ1v) is 3.98. The highest BCUT2D eigenvalue weighted by Crippen LogP contribution is 2.31. The first kappa shape index (κ1) is 7.77. The maximum atomic E-state index is 4.21. The molecule has 0 fully saturated rings. The highest BCUT2D eigenvalue weighted by Gasteiger charge is 2.31. The lowest BCUT2D eigenvalue weighted by Gasteiger charge is -2.19. The van der Waals surface area contributed by atoms with Crippen molar-refractivity contribution in [3.8, 4) is 0 Å². The Balaban J connectivity index is 2.17. The van der Waals surface area contributed by atoms with Crippen molar-refractivity contribution >= 4 is 6.21 Å². The van der Waals surface area contributed by atoms with Gasteiger partial charge < -0.3 is 0 Å². The van der Waals surface area contributed by atoms with Crippen LogP contribution in [-0.4, -0.2) is 11.8 Å². The van der Waals surface area contributed by atoms with Crippen molar-refractivity contribution < 1.29 is 0 Å². The summed E-state index contributed by atoms with van der Waals surface area (Å²) in [5.74, 6) is 0. The fourth-order valence-corrected chi connectivity index (χ4v) is 0.867. The van der Waals surface area contributed by atoms with Crippen LogP contribution in [0.15, 0.2) is 4.99 Å². The molecule has 1 heterocycles. The molecule has 0 N–H and O–H groups in total. The van der Waals surface area contributed by atoms with Gasteiger partial charge in [-0.1, -0.05) is 20.8 Å². The number of hydrogen-bond acceptors (Lipinski definition) is 1. The number of aliphatic imine (C=N–C) groups is 1. The molecule has 1 aliphatic heterocycles. The van der Waals surface area contributed by atoms with Gasteiger partial charge in [-0.15, -0.1) is 0 Å². The van der Waals surface area contributed by atoms with E-state index in [1.807, 2.05) is 0 Å². The van der Waals surface area contributed by atoms with Gasteiger partial charge in [0.1, 0.15) is 0 Å². The van der Waals surface area contributed by atoms with Crippen LogP contribution in [-0.2, 0) is 0 Å². The molecule has 0 aromatic carbocycles. The molecule has 0 aromatic rings. The summed E-state index contributed by atoms with van der Waals surface area (Å²) in [6.45, 7) is 9.02. The monoisotopic (exact) mass is 139 g/mol. The van der Waals surface area contributed by atoms with Gasteiger partial charge in [0.25, 0.3) is 0 Å². The molecule has 0 spiro atoms. The molecule has 1 rings (SSSR count). The van der Waals surface area contributed by atoms with Crippen LogP contribution in [0.3, 0.4) is 0 Å². The van der Waals surface area contributed by atoms with Gasteiger partial charge in [0.05, 0.1) is 5.54 Å². The lowest BCUT2D eigenvalue weighted by atomic mass is 9.87. The van der Waals surface area contributed by atoms with Crippen LogP contribution < -0.4 is 0 Å². The van der Waals surface area contributed by atoms with Crippen molar-refractivity contribution in [2.24, 2.45) is 10.4 Å². The van der Waals surface area contributed by atoms with Crippen molar-refractivity contribution in [1.29, 1.82) is 0 Å². The van der Waals surface area contributed by atoms with Crippen molar-refractivity contribution in [2.75, 3.05) is 0 Å². The molecule has 0 aliphatic carbocycles. The first-order chi connectivity index (χ1) is 4.41. The molecule has 58 valence electrons. The van der Waals surface area contributed by atoms with Crippen LogP contribution in [0, 0.1) is 5.41 Å². The van der Waals surface area contributed by atoms with Gasteiger partial charge >= 0.3 is 0 Å². The van der Waals surface area contributed by atoms with E-state index in [0.29, 0.717) is 5.41 Å². The summed E-state index contributed by atoms with van der Waals surface area (Å²) in [5.41, 5.74) is 0.724. The average Bonchev–Trinajstić information content (AvgIpc) is 2.43. The summed E-state index contributed by atoms with van der Waals surface area (Å²) in [6, 6.07) is 0. The predicted molar refractivity (Wildman–Crippen MR) is 45.6 cm³/mol. The zero-order valence-corrected chi connectivity index (χ0v) is 7.44. The average molecular weight is 139 g/mol. The Bertz CT molecular complexity index is 139. The van der Waals surface area contributed by atoms with Crippen molar-refractivity contribution in [3.63, 3.8) is 0 Å². The normalized spacial score (nSPS) is 30.8.